The predicted octanol–water partition coefficient (Wildman–Crippen LogP) is 4.29. The van der Waals surface area contributed by atoms with Crippen molar-refractivity contribution in [3.8, 4) is 16.9 Å². The van der Waals surface area contributed by atoms with Crippen molar-refractivity contribution < 1.29 is 19.7 Å². The van der Waals surface area contributed by atoms with Crippen LogP contribution in [0.15, 0.2) is 66.7 Å². The van der Waals surface area contributed by atoms with E-state index in [1.54, 1.807) is 30.3 Å². The lowest BCUT2D eigenvalue weighted by Gasteiger charge is -2.14. The van der Waals surface area contributed by atoms with E-state index in [0.717, 1.165) is 29.7 Å². The summed E-state index contributed by atoms with van der Waals surface area (Å²) in [6.07, 6.45) is 0.108. The molecule has 6 nitrogen and oxygen atoms in total. The minimum absolute atomic E-state index is 0.115. The maximum atomic E-state index is 11.5. The molecule has 0 aliphatic rings. The molecule has 0 saturated carbocycles. The van der Waals surface area contributed by atoms with Gasteiger partial charge in [0.2, 0.25) is 0 Å². The van der Waals surface area contributed by atoms with E-state index >= 15 is 0 Å². The zero-order valence-corrected chi connectivity index (χ0v) is 18.4. The second-order valence-electron chi connectivity index (χ2n) is 8.02. The van der Waals surface area contributed by atoms with Crippen molar-refractivity contribution in [2.45, 2.75) is 32.5 Å². The van der Waals surface area contributed by atoms with Crippen LogP contribution in [-0.4, -0.2) is 35.4 Å². The van der Waals surface area contributed by atoms with Crippen molar-refractivity contribution in [3.05, 3.63) is 83.4 Å². The van der Waals surface area contributed by atoms with Gasteiger partial charge in [-0.15, -0.1) is 0 Å². The first-order valence-corrected chi connectivity index (χ1v) is 10.7. The minimum Gasteiger partial charge on any atom is -0.490 e. The number of nitrogens with one attached hydrogen (secondary N) is 1. The standard InChI is InChI=1S/C26H30N2O4/c1-17(2)32-25-15-20(10-11-23(25)26(30)31)19-8-6-18(7-9-19)12-13-28-16-24(29)21-4-3-5-22(27)14-21/h3-11,14-15,17,24,28-29H,12-13,16,27H2,1-2H3,(H,30,31)/t24-/m1/s1. The fourth-order valence-electron chi connectivity index (χ4n) is 3.45. The largest absolute Gasteiger partial charge is 0.490 e. The van der Waals surface area contributed by atoms with Crippen molar-refractivity contribution in [1.82, 2.24) is 5.32 Å². The average Bonchev–Trinajstić information content (AvgIpc) is 2.76. The number of aliphatic hydroxyl groups excluding tert-OH is 1. The summed E-state index contributed by atoms with van der Waals surface area (Å²) >= 11 is 0. The van der Waals surface area contributed by atoms with Crippen LogP contribution in [0.5, 0.6) is 5.75 Å². The van der Waals surface area contributed by atoms with Crippen molar-refractivity contribution in [2.75, 3.05) is 18.8 Å². The third-order valence-electron chi connectivity index (χ3n) is 5.09. The summed E-state index contributed by atoms with van der Waals surface area (Å²) in [7, 11) is 0. The van der Waals surface area contributed by atoms with E-state index in [4.69, 9.17) is 10.5 Å². The number of nitrogen functional groups attached to an aromatic ring is 1. The minimum atomic E-state index is -1.00. The number of aliphatic hydroxyl groups is 1. The first-order chi connectivity index (χ1) is 15.3. The molecule has 1 atom stereocenters. The highest BCUT2D eigenvalue weighted by Gasteiger charge is 2.14. The number of carboxylic acid groups (broad SMARTS) is 1. The Morgan fingerprint density at radius 3 is 2.41 bits per heavy atom. The number of carboxylic acids is 1. The molecule has 0 aliphatic heterocycles. The fourth-order valence-corrected chi connectivity index (χ4v) is 3.45. The van der Waals surface area contributed by atoms with Crippen LogP contribution in [0.3, 0.4) is 0 Å². The Morgan fingerprint density at radius 2 is 1.75 bits per heavy atom. The number of benzene rings is 3. The van der Waals surface area contributed by atoms with Crippen LogP contribution in [-0.2, 0) is 6.42 Å². The summed E-state index contributed by atoms with van der Waals surface area (Å²) in [4.78, 5) is 11.5. The third kappa shape index (κ3) is 6.33. The number of ether oxygens (including phenoxy) is 1. The molecule has 5 N–H and O–H groups in total. The normalized spacial score (nSPS) is 12.0. The third-order valence-corrected chi connectivity index (χ3v) is 5.09. The number of hydrogen-bond acceptors (Lipinski definition) is 5. The molecule has 168 valence electrons. The van der Waals surface area contributed by atoms with Crippen LogP contribution >= 0.6 is 0 Å². The van der Waals surface area contributed by atoms with Crippen LogP contribution < -0.4 is 15.8 Å². The van der Waals surface area contributed by atoms with E-state index in [1.807, 2.05) is 38.1 Å². The number of aromatic carboxylic acids is 1. The number of nitrogens with two attached hydrogens (primary N) is 1. The molecule has 3 rings (SSSR count). The van der Waals surface area contributed by atoms with Gasteiger partial charge < -0.3 is 26.0 Å². The lowest BCUT2D eigenvalue weighted by Crippen LogP contribution is -2.23. The summed E-state index contributed by atoms with van der Waals surface area (Å²) in [5.41, 5.74) is 10.4. The van der Waals surface area contributed by atoms with Gasteiger partial charge in [0.15, 0.2) is 0 Å². The van der Waals surface area contributed by atoms with Gasteiger partial charge in [0.1, 0.15) is 11.3 Å². The van der Waals surface area contributed by atoms with Crippen molar-refractivity contribution >= 4 is 11.7 Å². The number of hydrogen-bond donors (Lipinski definition) is 4. The summed E-state index contributed by atoms with van der Waals surface area (Å²) in [6.45, 7) is 4.93. The van der Waals surface area contributed by atoms with E-state index in [9.17, 15) is 15.0 Å². The monoisotopic (exact) mass is 434 g/mol. The summed E-state index contributed by atoms with van der Waals surface area (Å²) in [5.74, 6) is -0.632. The molecule has 6 heteroatoms. The molecule has 0 aliphatic carbocycles. The van der Waals surface area contributed by atoms with Gasteiger partial charge in [-0.2, -0.15) is 0 Å². The lowest BCUT2D eigenvalue weighted by atomic mass is 10.0. The van der Waals surface area contributed by atoms with Crippen LogP contribution in [0, 0.1) is 0 Å². The summed E-state index contributed by atoms with van der Waals surface area (Å²) in [5, 5.41) is 22.9. The van der Waals surface area contributed by atoms with E-state index in [1.165, 1.54) is 5.56 Å². The van der Waals surface area contributed by atoms with Gasteiger partial charge in [-0.25, -0.2) is 4.79 Å². The van der Waals surface area contributed by atoms with E-state index in [-0.39, 0.29) is 11.7 Å². The van der Waals surface area contributed by atoms with Gasteiger partial charge in [-0.1, -0.05) is 42.5 Å². The van der Waals surface area contributed by atoms with Gasteiger partial charge in [0, 0.05) is 12.2 Å². The summed E-state index contributed by atoms with van der Waals surface area (Å²) < 4.78 is 5.70. The van der Waals surface area contributed by atoms with Crippen LogP contribution in [0.4, 0.5) is 5.69 Å². The van der Waals surface area contributed by atoms with Crippen LogP contribution in [0.25, 0.3) is 11.1 Å². The fraction of sp³-hybridized carbons (Fsp3) is 0.269. The first kappa shape index (κ1) is 23.3. The maximum absolute atomic E-state index is 11.5. The van der Waals surface area contributed by atoms with Gasteiger partial charge in [-0.05, 0) is 73.3 Å². The van der Waals surface area contributed by atoms with Gasteiger partial charge in [0.05, 0.1) is 12.2 Å². The second kappa shape index (κ2) is 10.8. The molecule has 0 radical (unpaired) electrons. The molecule has 0 heterocycles. The Morgan fingerprint density at radius 1 is 1.03 bits per heavy atom. The van der Waals surface area contributed by atoms with E-state index in [0.29, 0.717) is 18.0 Å². The zero-order chi connectivity index (χ0) is 23.1. The predicted molar refractivity (Wildman–Crippen MR) is 127 cm³/mol. The first-order valence-electron chi connectivity index (χ1n) is 10.7. The highest BCUT2D eigenvalue weighted by molar-refractivity contribution is 5.92. The number of rotatable bonds is 10. The highest BCUT2D eigenvalue weighted by Crippen LogP contribution is 2.28. The average molecular weight is 435 g/mol. The zero-order valence-electron chi connectivity index (χ0n) is 18.4. The smallest absolute Gasteiger partial charge is 0.339 e. The van der Waals surface area contributed by atoms with Crippen LogP contribution in [0.1, 0.15) is 41.4 Å². The Labute approximate surface area is 188 Å². The molecule has 32 heavy (non-hydrogen) atoms. The van der Waals surface area contributed by atoms with E-state index in [2.05, 4.69) is 17.4 Å². The van der Waals surface area contributed by atoms with Crippen molar-refractivity contribution in [2.24, 2.45) is 0 Å². The molecular formula is C26H30N2O4. The molecule has 0 amide bonds. The van der Waals surface area contributed by atoms with Gasteiger partial charge >= 0.3 is 5.97 Å². The molecule has 0 fully saturated rings. The number of anilines is 1. The molecule has 0 saturated heterocycles. The van der Waals surface area contributed by atoms with E-state index < -0.39 is 12.1 Å². The quantitative estimate of drug-likeness (QED) is 0.280. The Kier molecular flexibility index (Phi) is 7.87. The molecule has 0 unspecified atom stereocenters. The Hall–Kier alpha value is -3.35. The molecule has 0 spiro atoms. The molecule has 0 bridgehead atoms. The van der Waals surface area contributed by atoms with Gasteiger partial charge in [-0.3, -0.25) is 0 Å². The molecule has 3 aromatic rings. The molecule has 3 aromatic carbocycles. The molecular weight excluding hydrogens is 404 g/mol. The highest BCUT2D eigenvalue weighted by atomic mass is 16.5. The number of carbonyl (C=O) groups is 1. The topological polar surface area (TPSA) is 105 Å². The summed E-state index contributed by atoms with van der Waals surface area (Å²) in [6, 6.07) is 20.6. The Bertz CT molecular complexity index is 1050. The molecule has 0 aromatic heterocycles. The Balaban J connectivity index is 1.57. The second-order valence-corrected chi connectivity index (χ2v) is 8.02. The van der Waals surface area contributed by atoms with Crippen molar-refractivity contribution in [1.29, 1.82) is 0 Å². The SMILES string of the molecule is CC(C)Oc1cc(-c2ccc(CCNC[C@@H](O)c3cccc(N)c3)cc2)ccc1C(=O)O. The maximum Gasteiger partial charge on any atom is 0.339 e. The van der Waals surface area contributed by atoms with Crippen LogP contribution in [0.2, 0.25) is 0 Å². The van der Waals surface area contributed by atoms with Crippen molar-refractivity contribution in [3.63, 3.8) is 0 Å². The van der Waals surface area contributed by atoms with Gasteiger partial charge in [0.25, 0.3) is 0 Å². The lowest BCUT2D eigenvalue weighted by molar-refractivity contribution is 0.0690.